The van der Waals surface area contributed by atoms with Gasteiger partial charge in [-0.2, -0.15) is 0 Å². The Morgan fingerprint density at radius 3 is 2.08 bits per heavy atom. The van der Waals surface area contributed by atoms with Gasteiger partial charge in [0.1, 0.15) is 12.5 Å². The third-order valence-electron chi connectivity index (χ3n) is 3.92. The number of hydrogen-bond acceptors (Lipinski definition) is 4. The van der Waals surface area contributed by atoms with Crippen LogP contribution in [0.2, 0.25) is 0 Å². The Bertz CT molecular complexity index is 840. The summed E-state index contributed by atoms with van der Waals surface area (Å²) in [6.45, 7) is 12.4. The van der Waals surface area contributed by atoms with Crippen molar-refractivity contribution < 1.29 is 25.6 Å². The van der Waals surface area contributed by atoms with Crippen molar-refractivity contribution in [1.82, 2.24) is 9.97 Å². The zero-order valence-corrected chi connectivity index (χ0v) is 17.6. The van der Waals surface area contributed by atoms with Gasteiger partial charge in [0.25, 0.3) is 0 Å². The van der Waals surface area contributed by atoms with E-state index in [4.69, 9.17) is 20.4 Å². The van der Waals surface area contributed by atoms with Crippen LogP contribution in [0.15, 0.2) is 39.6 Å². The molecule has 0 unspecified atom stereocenters. The molecule has 0 saturated heterocycles. The molecule has 0 fully saturated rings. The normalized spacial score (nSPS) is 20.3. The summed E-state index contributed by atoms with van der Waals surface area (Å²) in [6.07, 6.45) is 8.65. The first-order valence-corrected chi connectivity index (χ1v) is 8.61. The molecule has 1 atom stereocenters. The minimum absolute atomic E-state index is 0. The molecule has 0 saturated carbocycles. The van der Waals surface area contributed by atoms with Crippen LogP contribution in [0.1, 0.15) is 64.7 Å². The van der Waals surface area contributed by atoms with E-state index in [1.165, 1.54) is 0 Å². The van der Waals surface area contributed by atoms with Crippen LogP contribution in [-0.4, -0.2) is 9.97 Å². The molecule has 1 aliphatic heterocycles. The average Bonchev–Trinajstić information content (AvgIpc) is 3.16. The third-order valence-corrected chi connectivity index (χ3v) is 4.29. The molecule has 1 aliphatic rings. The molecule has 26 heavy (non-hydrogen) atoms. The summed E-state index contributed by atoms with van der Waals surface area (Å²) >= 11 is 6.69. The van der Waals surface area contributed by atoms with E-state index in [0.717, 1.165) is 11.4 Å². The van der Waals surface area contributed by atoms with Gasteiger partial charge in [-0.3, -0.25) is 0 Å². The molecule has 1 radical (unpaired) electrons. The van der Waals surface area contributed by atoms with Gasteiger partial charge in [-0.05, 0) is 0 Å². The van der Waals surface area contributed by atoms with Gasteiger partial charge < -0.3 is 14.2 Å². The molecular formula is C19H23ClCoN3O2-. The molecule has 0 aliphatic carbocycles. The average molecular weight is 420 g/mol. The Labute approximate surface area is 169 Å². The predicted octanol–water partition coefficient (Wildman–Crippen LogP) is 5.63. The number of aromatic nitrogens is 2. The summed E-state index contributed by atoms with van der Waals surface area (Å²) < 4.78 is 11.2. The summed E-state index contributed by atoms with van der Waals surface area (Å²) in [4.78, 5) is 7.86. The number of hydrogen-bond donors (Lipinski definition) is 0. The fraction of sp³-hybridized carbons (Fsp3) is 0.474. The van der Waals surface area contributed by atoms with Crippen LogP contribution in [0.4, 0.5) is 0 Å². The van der Waals surface area contributed by atoms with Crippen molar-refractivity contribution >= 4 is 17.3 Å². The standard InChI is InChI=1S/C19H23ClN3O2.Co/c1-17(2,3)13-10-24-15(21-13)12-8-7-9-19(20,23-12)16-22-14(11-25-16)18(4,5)6;/h7-11H,1-6H3;/q-1;/t19-;/m1./s1. The molecule has 143 valence electrons. The van der Waals surface area contributed by atoms with Gasteiger partial charge in [-0.15, -0.1) is 11.6 Å². The second-order valence-corrected chi connectivity index (χ2v) is 8.85. The molecule has 3 heterocycles. The summed E-state index contributed by atoms with van der Waals surface area (Å²) in [5.74, 6) is 0.769. The second kappa shape index (κ2) is 6.91. The predicted molar refractivity (Wildman–Crippen MR) is 98.4 cm³/mol. The van der Waals surface area contributed by atoms with Crippen LogP contribution in [0, 0.1) is 0 Å². The third kappa shape index (κ3) is 4.08. The van der Waals surface area contributed by atoms with Gasteiger partial charge in [-0.1, -0.05) is 65.5 Å². The Morgan fingerprint density at radius 1 is 0.962 bits per heavy atom. The van der Waals surface area contributed by atoms with E-state index in [1.54, 1.807) is 18.6 Å². The molecular weight excluding hydrogens is 397 g/mol. The first-order chi connectivity index (χ1) is 11.5. The van der Waals surface area contributed by atoms with Gasteiger partial charge in [0.15, 0.2) is 0 Å². The van der Waals surface area contributed by atoms with E-state index < -0.39 is 5.00 Å². The summed E-state index contributed by atoms with van der Waals surface area (Å²) in [6, 6.07) is 0. The van der Waals surface area contributed by atoms with Gasteiger partial charge in [0.05, 0.1) is 16.4 Å². The van der Waals surface area contributed by atoms with Gasteiger partial charge in [0, 0.05) is 27.6 Å². The number of nitrogens with zero attached hydrogens (tertiary/aromatic N) is 3. The molecule has 0 bridgehead atoms. The van der Waals surface area contributed by atoms with E-state index in [-0.39, 0.29) is 27.6 Å². The first kappa shape index (κ1) is 20.8. The maximum atomic E-state index is 6.69. The smallest absolute Gasteiger partial charge is 0.203 e. The molecule has 3 rings (SSSR count). The number of halogens is 1. The molecule has 2 aromatic heterocycles. The summed E-state index contributed by atoms with van der Waals surface area (Å²) in [5.41, 5.74) is 2.02. The molecule has 0 N–H and O–H groups in total. The van der Waals surface area contributed by atoms with Gasteiger partial charge in [0.2, 0.25) is 11.8 Å². The minimum Gasteiger partial charge on any atom is -0.651 e. The fourth-order valence-corrected chi connectivity index (χ4v) is 2.52. The number of alkyl halides is 1. The maximum absolute atomic E-state index is 6.69. The number of rotatable bonds is 2. The van der Waals surface area contributed by atoms with Crippen molar-refractivity contribution in [2.24, 2.45) is 0 Å². The molecule has 0 aromatic carbocycles. The van der Waals surface area contributed by atoms with E-state index >= 15 is 0 Å². The van der Waals surface area contributed by atoms with Crippen LogP contribution in [0.25, 0.3) is 11.0 Å². The number of allylic oxidation sites excluding steroid dienone is 2. The van der Waals surface area contributed by atoms with E-state index in [2.05, 4.69) is 56.8 Å². The van der Waals surface area contributed by atoms with Crippen molar-refractivity contribution in [2.45, 2.75) is 57.4 Å². The molecule has 7 heteroatoms. The number of oxazole rings is 2. The SMILES string of the molecule is CC(C)(C)c1coc(C2=CC=C[C@](Cl)(c3nc(C(C)(C)C)co3)[N-]2)n1.[Co]. The topological polar surface area (TPSA) is 66.2 Å². The van der Waals surface area contributed by atoms with Crippen molar-refractivity contribution in [1.29, 1.82) is 0 Å². The van der Waals surface area contributed by atoms with E-state index in [0.29, 0.717) is 17.5 Å². The Hall–Kier alpha value is -1.50. The van der Waals surface area contributed by atoms with Crippen molar-refractivity contribution in [3.05, 3.63) is 59.2 Å². The van der Waals surface area contributed by atoms with E-state index in [9.17, 15) is 0 Å². The van der Waals surface area contributed by atoms with Crippen LogP contribution in [0.3, 0.4) is 0 Å². The van der Waals surface area contributed by atoms with Crippen molar-refractivity contribution in [3.8, 4) is 0 Å². The van der Waals surface area contributed by atoms with E-state index in [1.807, 2.05) is 12.2 Å². The van der Waals surface area contributed by atoms with Crippen LogP contribution in [-0.2, 0) is 32.6 Å². The minimum atomic E-state index is -1.20. The van der Waals surface area contributed by atoms with Gasteiger partial charge >= 0.3 is 0 Å². The van der Waals surface area contributed by atoms with Crippen molar-refractivity contribution in [3.63, 3.8) is 0 Å². The second-order valence-electron chi connectivity index (χ2n) is 8.27. The molecule has 2 aromatic rings. The summed E-state index contributed by atoms with van der Waals surface area (Å²) in [7, 11) is 0. The quantitative estimate of drug-likeness (QED) is 0.467. The first-order valence-electron chi connectivity index (χ1n) is 8.23. The monoisotopic (exact) mass is 419 g/mol. The van der Waals surface area contributed by atoms with Crippen LogP contribution >= 0.6 is 11.6 Å². The maximum Gasteiger partial charge on any atom is 0.203 e. The van der Waals surface area contributed by atoms with Gasteiger partial charge in [-0.25, -0.2) is 9.97 Å². The van der Waals surface area contributed by atoms with Crippen molar-refractivity contribution in [2.75, 3.05) is 0 Å². The molecule has 5 nitrogen and oxygen atoms in total. The largest absolute Gasteiger partial charge is 0.651 e. The summed E-state index contributed by atoms with van der Waals surface area (Å²) in [5, 5.41) is 4.57. The Balaban J connectivity index is 0.00000243. The molecule has 0 spiro atoms. The zero-order valence-electron chi connectivity index (χ0n) is 15.8. The fourth-order valence-electron chi connectivity index (χ4n) is 2.27. The molecule has 0 amide bonds. The van der Waals surface area contributed by atoms with Crippen LogP contribution in [0.5, 0.6) is 0 Å². The Kier molecular flexibility index (Phi) is 5.53. The zero-order chi connectivity index (χ0) is 18.5. The van der Waals surface area contributed by atoms with Crippen LogP contribution < -0.4 is 0 Å². The Morgan fingerprint density at radius 2 is 1.54 bits per heavy atom.